The van der Waals surface area contributed by atoms with Crippen molar-refractivity contribution >= 4 is 14.9 Å². The Hall–Kier alpha value is -1.76. The molecule has 1 aromatic carbocycles. The molecule has 1 rings (SSSR count). The van der Waals surface area contributed by atoms with Crippen molar-refractivity contribution in [2.45, 2.75) is 5.67 Å². The van der Waals surface area contributed by atoms with Gasteiger partial charge in [0.05, 0.1) is 0 Å². The molecule has 0 radical (unpaired) electrons. The van der Waals surface area contributed by atoms with E-state index in [9.17, 15) is 31.6 Å². The topological polar surface area (TPSA) is 68.2 Å². The molecule has 0 bridgehead atoms. The third-order valence-electron chi connectivity index (χ3n) is 2.45. The van der Waals surface area contributed by atoms with E-state index >= 15 is 0 Å². The van der Waals surface area contributed by atoms with Gasteiger partial charge in [-0.25, -0.2) is 9.18 Å². The second kappa shape index (κ2) is 6.56. The Labute approximate surface area is 121 Å². The fraction of sp³-hybridized carbons (Fsp3) is 0.300. The Morgan fingerprint density at radius 3 is 2.32 bits per heavy atom. The standard InChI is InChI=1S/C10H10F5NO5Si/c1-19-22(18,20-2)10(13,14)16(15)9(17)21-7-5-3-4-6(11)8(7)12/h3-5,18H,1-2H3. The first-order valence-corrected chi connectivity index (χ1v) is 7.19. The van der Waals surface area contributed by atoms with Gasteiger partial charge in [-0.1, -0.05) is 15.7 Å². The van der Waals surface area contributed by atoms with Crippen LogP contribution in [0.3, 0.4) is 0 Å². The van der Waals surface area contributed by atoms with Crippen molar-refractivity contribution in [1.82, 2.24) is 5.12 Å². The van der Waals surface area contributed by atoms with Crippen molar-refractivity contribution in [3.05, 3.63) is 29.8 Å². The maximum Gasteiger partial charge on any atom is 0.600 e. The number of ether oxygens (including phenoxy) is 1. The van der Waals surface area contributed by atoms with Gasteiger partial charge in [-0.3, -0.25) is 0 Å². The summed E-state index contributed by atoms with van der Waals surface area (Å²) in [6, 6.07) is 2.27. The Balaban J connectivity index is 3.00. The van der Waals surface area contributed by atoms with Crippen LogP contribution < -0.4 is 4.74 Å². The minimum Gasteiger partial charge on any atom is -0.405 e. The second-order valence-electron chi connectivity index (χ2n) is 3.73. The molecule has 1 aromatic rings. The molecule has 0 unspecified atom stereocenters. The zero-order chi connectivity index (χ0) is 17.1. The molecule has 22 heavy (non-hydrogen) atoms. The molecule has 6 nitrogen and oxygen atoms in total. The van der Waals surface area contributed by atoms with Gasteiger partial charge in [-0.15, -0.1) is 0 Å². The molecule has 0 aliphatic heterocycles. The highest BCUT2D eigenvalue weighted by Gasteiger charge is 2.68. The molecule has 12 heteroatoms. The van der Waals surface area contributed by atoms with Crippen molar-refractivity contribution in [3.63, 3.8) is 0 Å². The monoisotopic (exact) mass is 347 g/mol. The summed E-state index contributed by atoms with van der Waals surface area (Å²) in [5.74, 6) is -4.25. The van der Waals surface area contributed by atoms with E-state index < -0.39 is 43.1 Å². The molecule has 0 atom stereocenters. The van der Waals surface area contributed by atoms with E-state index in [1.54, 1.807) is 0 Å². The largest absolute Gasteiger partial charge is 0.600 e. The number of carbonyl (C=O) groups is 1. The zero-order valence-electron chi connectivity index (χ0n) is 11.1. The number of rotatable bonds is 5. The summed E-state index contributed by atoms with van der Waals surface area (Å²) < 4.78 is 78.8. The number of alkyl halides is 2. The SMILES string of the molecule is CO[Si](O)(OC)C(F)(F)N(F)C(=O)Oc1cccc(F)c1F. The molecule has 0 saturated heterocycles. The molecular weight excluding hydrogens is 337 g/mol. The lowest BCUT2D eigenvalue weighted by Crippen LogP contribution is -2.65. The van der Waals surface area contributed by atoms with Crippen molar-refractivity contribution < 1.29 is 45.2 Å². The van der Waals surface area contributed by atoms with Gasteiger partial charge < -0.3 is 18.4 Å². The summed E-state index contributed by atoms with van der Waals surface area (Å²) in [7, 11) is -4.23. The van der Waals surface area contributed by atoms with Crippen LogP contribution >= 0.6 is 0 Å². The molecule has 0 aromatic heterocycles. The third kappa shape index (κ3) is 3.19. The van der Waals surface area contributed by atoms with E-state index in [1.807, 2.05) is 0 Å². The van der Waals surface area contributed by atoms with Gasteiger partial charge in [0.2, 0.25) is 5.82 Å². The van der Waals surface area contributed by atoms with E-state index in [1.165, 1.54) is 0 Å². The van der Waals surface area contributed by atoms with Gasteiger partial charge in [-0.2, -0.15) is 13.2 Å². The number of nitrogens with zero attached hydrogens (tertiary/aromatic N) is 1. The summed E-state index contributed by atoms with van der Waals surface area (Å²) in [6.45, 7) is 0. The summed E-state index contributed by atoms with van der Waals surface area (Å²) in [5, 5.41) is -1.82. The summed E-state index contributed by atoms with van der Waals surface area (Å²) in [4.78, 5) is 20.6. The molecule has 124 valence electrons. The average Bonchev–Trinajstić information content (AvgIpc) is 2.49. The number of benzene rings is 1. The number of carbonyl (C=O) groups excluding carboxylic acids is 1. The van der Waals surface area contributed by atoms with Gasteiger partial charge in [0, 0.05) is 14.2 Å². The molecule has 0 fully saturated rings. The molecule has 0 aliphatic carbocycles. The molecule has 0 spiro atoms. The fourth-order valence-electron chi connectivity index (χ4n) is 1.26. The van der Waals surface area contributed by atoms with Gasteiger partial charge >= 0.3 is 20.6 Å². The van der Waals surface area contributed by atoms with Gasteiger partial charge in [0.1, 0.15) is 0 Å². The van der Waals surface area contributed by atoms with Crippen LogP contribution in [0.4, 0.5) is 26.8 Å². The van der Waals surface area contributed by atoms with Crippen molar-refractivity contribution in [3.8, 4) is 5.75 Å². The minimum atomic E-state index is -5.44. The van der Waals surface area contributed by atoms with Crippen molar-refractivity contribution in [1.29, 1.82) is 0 Å². The summed E-state index contributed by atoms with van der Waals surface area (Å²) in [5.41, 5.74) is -4.92. The maximum absolute atomic E-state index is 13.6. The minimum absolute atomic E-state index is 0.606. The van der Waals surface area contributed by atoms with Crippen LogP contribution in [-0.2, 0) is 8.85 Å². The highest BCUT2D eigenvalue weighted by molar-refractivity contribution is 6.61. The predicted molar refractivity (Wildman–Crippen MR) is 62.3 cm³/mol. The lowest BCUT2D eigenvalue weighted by Gasteiger charge is -2.30. The summed E-state index contributed by atoms with van der Waals surface area (Å²) >= 11 is 0. The van der Waals surface area contributed by atoms with Crippen LogP contribution in [0.25, 0.3) is 0 Å². The van der Waals surface area contributed by atoms with Crippen LogP contribution in [0, 0.1) is 11.6 Å². The van der Waals surface area contributed by atoms with Crippen LogP contribution in [0.2, 0.25) is 0 Å². The molecule has 0 saturated carbocycles. The lowest BCUT2D eigenvalue weighted by atomic mass is 10.3. The van der Waals surface area contributed by atoms with E-state index in [4.69, 9.17) is 0 Å². The smallest absolute Gasteiger partial charge is 0.405 e. The molecule has 1 N–H and O–H groups in total. The zero-order valence-corrected chi connectivity index (χ0v) is 12.1. The normalized spacial score (nSPS) is 12.2. The average molecular weight is 347 g/mol. The third-order valence-corrected chi connectivity index (χ3v) is 4.52. The first-order valence-electron chi connectivity index (χ1n) is 5.43. The maximum atomic E-state index is 13.6. The number of hydrogen-bond acceptors (Lipinski definition) is 5. The lowest BCUT2D eigenvalue weighted by molar-refractivity contribution is -0.191. The fourth-order valence-corrected chi connectivity index (χ4v) is 2.26. The molecule has 0 heterocycles. The van der Waals surface area contributed by atoms with E-state index in [0.717, 1.165) is 6.07 Å². The van der Waals surface area contributed by atoms with Gasteiger partial charge in [0.15, 0.2) is 11.6 Å². The quantitative estimate of drug-likeness (QED) is 0.382. The Morgan fingerprint density at radius 2 is 1.82 bits per heavy atom. The van der Waals surface area contributed by atoms with E-state index in [2.05, 4.69) is 13.6 Å². The first kappa shape index (κ1) is 18.3. The van der Waals surface area contributed by atoms with Crippen LogP contribution in [0.1, 0.15) is 0 Å². The molecular formula is C10H10F5NO5Si. The van der Waals surface area contributed by atoms with E-state index in [-0.39, 0.29) is 0 Å². The van der Waals surface area contributed by atoms with Crippen molar-refractivity contribution in [2.75, 3.05) is 14.2 Å². The molecule has 0 aliphatic rings. The Kier molecular flexibility index (Phi) is 5.45. The first-order chi connectivity index (χ1) is 10.1. The Morgan fingerprint density at radius 1 is 1.27 bits per heavy atom. The second-order valence-corrected chi connectivity index (χ2v) is 6.31. The van der Waals surface area contributed by atoms with Crippen LogP contribution in [0.5, 0.6) is 5.75 Å². The van der Waals surface area contributed by atoms with Crippen LogP contribution in [-0.4, -0.2) is 44.7 Å². The highest BCUT2D eigenvalue weighted by Crippen LogP contribution is 2.32. The number of halogens is 5. The molecule has 1 amide bonds. The van der Waals surface area contributed by atoms with E-state index in [0.29, 0.717) is 26.4 Å². The Bertz CT molecular complexity index is 557. The predicted octanol–water partition coefficient (Wildman–Crippen LogP) is 2.01. The van der Waals surface area contributed by atoms with Gasteiger partial charge in [0.25, 0.3) is 0 Å². The van der Waals surface area contributed by atoms with Crippen LogP contribution in [0.15, 0.2) is 18.2 Å². The van der Waals surface area contributed by atoms with Crippen molar-refractivity contribution in [2.24, 2.45) is 0 Å². The van der Waals surface area contributed by atoms with Gasteiger partial charge in [-0.05, 0) is 12.1 Å². The number of hydrogen-bond donors (Lipinski definition) is 1. The number of amides is 1. The highest BCUT2D eigenvalue weighted by atomic mass is 28.4. The summed E-state index contributed by atoms with van der Waals surface area (Å²) in [6.07, 6.45) is -2.41.